The van der Waals surface area contributed by atoms with Crippen LogP contribution in [-0.4, -0.2) is 30.2 Å². The molecule has 0 bridgehead atoms. The van der Waals surface area contributed by atoms with E-state index in [-0.39, 0.29) is 6.61 Å². The fourth-order valence-corrected chi connectivity index (χ4v) is 2.84. The van der Waals surface area contributed by atoms with E-state index in [1.165, 1.54) is 0 Å². The van der Waals surface area contributed by atoms with E-state index in [1.807, 2.05) is 60.7 Å². The van der Waals surface area contributed by atoms with Crippen LogP contribution >= 0.6 is 11.6 Å². The van der Waals surface area contributed by atoms with Gasteiger partial charge in [0.1, 0.15) is 6.10 Å². The average Bonchev–Trinajstić information content (AvgIpc) is 2.89. The van der Waals surface area contributed by atoms with Crippen LogP contribution in [0.1, 0.15) is 11.1 Å². The summed E-state index contributed by atoms with van der Waals surface area (Å²) >= 11 is 6.13. The molecule has 5 heteroatoms. The molecule has 3 rings (SSSR count). The zero-order valence-corrected chi connectivity index (χ0v) is 13.9. The molecule has 0 spiro atoms. The molecule has 0 amide bonds. The number of halogens is 1. The van der Waals surface area contributed by atoms with E-state index >= 15 is 0 Å². The van der Waals surface area contributed by atoms with Crippen molar-refractivity contribution in [3.63, 3.8) is 0 Å². The summed E-state index contributed by atoms with van der Waals surface area (Å²) < 4.78 is 16.8. The summed E-state index contributed by atoms with van der Waals surface area (Å²) in [6, 6.07) is 19.6. The smallest absolute Gasteiger partial charge is 0.327 e. The highest BCUT2D eigenvalue weighted by molar-refractivity contribution is 6.31. The first-order valence-corrected chi connectivity index (χ1v) is 8.29. The second-order valence-electron chi connectivity index (χ2n) is 5.64. The molecule has 1 saturated heterocycles. The topological polar surface area (TPSA) is 44.8 Å². The monoisotopic (exact) mass is 346 g/mol. The number of benzene rings is 2. The highest BCUT2D eigenvalue weighted by Crippen LogP contribution is 2.25. The first-order valence-electron chi connectivity index (χ1n) is 7.86. The lowest BCUT2D eigenvalue weighted by atomic mass is 10.2. The normalized spacial score (nSPS) is 23.2. The van der Waals surface area contributed by atoms with E-state index in [4.69, 9.17) is 25.8 Å². The highest BCUT2D eigenvalue weighted by Gasteiger charge is 2.44. The second kappa shape index (κ2) is 8.29. The fraction of sp³-hybridized carbons (Fsp3) is 0.316. The predicted octanol–water partition coefficient (Wildman–Crippen LogP) is 3.32. The molecule has 3 atom stereocenters. The first-order chi connectivity index (χ1) is 11.7. The average molecular weight is 347 g/mol. The molecule has 4 nitrogen and oxygen atoms in total. The molecule has 126 valence electrons. The minimum atomic E-state index is -0.806. The maximum atomic E-state index is 11.7. The van der Waals surface area contributed by atoms with Gasteiger partial charge in [0.25, 0.3) is 0 Å². The number of hydrogen-bond acceptors (Lipinski definition) is 4. The van der Waals surface area contributed by atoms with Crippen molar-refractivity contribution in [2.24, 2.45) is 0 Å². The Morgan fingerprint density at radius 2 is 1.50 bits per heavy atom. The number of cyclic esters (lactones) is 1. The zero-order valence-electron chi connectivity index (χ0n) is 13.1. The van der Waals surface area contributed by atoms with Gasteiger partial charge >= 0.3 is 5.97 Å². The van der Waals surface area contributed by atoms with Gasteiger partial charge in [-0.25, -0.2) is 0 Å². The van der Waals surface area contributed by atoms with Crippen LogP contribution in [0, 0.1) is 0 Å². The molecule has 2 aromatic rings. The molecule has 1 aliphatic heterocycles. The SMILES string of the molecule is O=C1OC(COCc2ccccc2)C(OCc2ccccc2)C1Cl. The summed E-state index contributed by atoms with van der Waals surface area (Å²) in [5, 5.41) is -0.806. The van der Waals surface area contributed by atoms with E-state index in [1.54, 1.807) is 0 Å². The van der Waals surface area contributed by atoms with Crippen molar-refractivity contribution in [3.05, 3.63) is 71.8 Å². The molecule has 0 aromatic heterocycles. The summed E-state index contributed by atoms with van der Waals surface area (Å²) in [6.07, 6.45) is -1.01. The minimum absolute atomic E-state index is 0.253. The van der Waals surface area contributed by atoms with E-state index in [9.17, 15) is 4.79 Å². The summed E-state index contributed by atoms with van der Waals surface area (Å²) in [4.78, 5) is 11.7. The molecule has 0 aliphatic carbocycles. The van der Waals surface area contributed by atoms with Crippen LogP contribution in [0.25, 0.3) is 0 Å². The number of hydrogen-bond donors (Lipinski definition) is 0. The van der Waals surface area contributed by atoms with Crippen molar-refractivity contribution < 1.29 is 19.0 Å². The van der Waals surface area contributed by atoms with Gasteiger partial charge in [0.05, 0.1) is 19.8 Å². The van der Waals surface area contributed by atoms with Gasteiger partial charge in [-0.2, -0.15) is 0 Å². The van der Waals surface area contributed by atoms with Crippen molar-refractivity contribution in [2.45, 2.75) is 30.8 Å². The van der Waals surface area contributed by atoms with E-state index in [0.29, 0.717) is 13.2 Å². The Kier molecular flexibility index (Phi) is 5.86. The van der Waals surface area contributed by atoms with Crippen molar-refractivity contribution in [1.82, 2.24) is 0 Å². The maximum absolute atomic E-state index is 11.7. The lowest BCUT2D eigenvalue weighted by Gasteiger charge is -2.19. The Morgan fingerprint density at radius 3 is 2.12 bits per heavy atom. The van der Waals surface area contributed by atoms with Crippen molar-refractivity contribution in [2.75, 3.05) is 6.61 Å². The summed E-state index contributed by atoms with van der Waals surface area (Å²) in [5.41, 5.74) is 2.08. The fourth-order valence-electron chi connectivity index (χ4n) is 2.56. The highest BCUT2D eigenvalue weighted by atomic mass is 35.5. The summed E-state index contributed by atoms with van der Waals surface area (Å²) in [6.45, 7) is 1.08. The maximum Gasteiger partial charge on any atom is 0.327 e. The molecule has 1 fully saturated rings. The molecule has 0 saturated carbocycles. The molecule has 1 aliphatic rings. The number of ether oxygens (including phenoxy) is 3. The number of alkyl halides is 1. The van der Waals surface area contributed by atoms with Gasteiger partial charge in [-0.1, -0.05) is 60.7 Å². The third-order valence-corrected chi connectivity index (χ3v) is 4.25. The number of rotatable bonds is 7. The van der Waals surface area contributed by atoms with Gasteiger partial charge in [0, 0.05) is 0 Å². The Labute approximate surface area is 146 Å². The van der Waals surface area contributed by atoms with E-state index < -0.39 is 23.6 Å². The molecule has 24 heavy (non-hydrogen) atoms. The Bertz CT molecular complexity index is 647. The van der Waals surface area contributed by atoms with Crippen LogP contribution in [0.2, 0.25) is 0 Å². The Morgan fingerprint density at radius 1 is 0.917 bits per heavy atom. The van der Waals surface area contributed by atoms with Crippen LogP contribution in [-0.2, 0) is 32.2 Å². The van der Waals surface area contributed by atoms with Crippen LogP contribution in [0.4, 0.5) is 0 Å². The Balaban J connectivity index is 1.53. The minimum Gasteiger partial charge on any atom is -0.456 e. The lowest BCUT2D eigenvalue weighted by Crippen LogP contribution is -2.34. The molecule has 1 heterocycles. The molecular weight excluding hydrogens is 328 g/mol. The molecule has 3 unspecified atom stereocenters. The lowest BCUT2D eigenvalue weighted by molar-refractivity contribution is -0.144. The number of carbonyl (C=O) groups is 1. The molecule has 0 N–H and O–H groups in total. The van der Waals surface area contributed by atoms with Gasteiger partial charge < -0.3 is 14.2 Å². The van der Waals surface area contributed by atoms with E-state index in [0.717, 1.165) is 11.1 Å². The summed E-state index contributed by atoms with van der Waals surface area (Å²) in [5.74, 6) is -0.456. The van der Waals surface area contributed by atoms with Gasteiger partial charge in [0.2, 0.25) is 0 Å². The quantitative estimate of drug-likeness (QED) is 0.570. The van der Waals surface area contributed by atoms with Crippen LogP contribution in [0.3, 0.4) is 0 Å². The number of carbonyl (C=O) groups excluding carboxylic acids is 1. The first kappa shape index (κ1) is 17.0. The molecule has 0 radical (unpaired) electrons. The zero-order chi connectivity index (χ0) is 16.8. The van der Waals surface area contributed by atoms with Crippen LogP contribution < -0.4 is 0 Å². The molecule has 2 aromatic carbocycles. The molecular formula is C19H19ClO4. The van der Waals surface area contributed by atoms with Crippen LogP contribution in [0.5, 0.6) is 0 Å². The third kappa shape index (κ3) is 4.35. The standard InChI is InChI=1S/C19H19ClO4/c20-17-18(23-12-15-9-5-2-6-10-15)16(24-19(17)21)13-22-11-14-7-3-1-4-8-14/h1-10,16-18H,11-13H2. The Hall–Kier alpha value is -1.88. The van der Waals surface area contributed by atoms with Gasteiger partial charge in [-0.05, 0) is 11.1 Å². The predicted molar refractivity (Wildman–Crippen MR) is 90.6 cm³/mol. The van der Waals surface area contributed by atoms with E-state index in [2.05, 4.69) is 0 Å². The van der Waals surface area contributed by atoms with Crippen molar-refractivity contribution in [1.29, 1.82) is 0 Å². The van der Waals surface area contributed by atoms with Gasteiger partial charge in [-0.15, -0.1) is 11.6 Å². The second-order valence-corrected chi connectivity index (χ2v) is 6.11. The van der Waals surface area contributed by atoms with Gasteiger partial charge in [0.15, 0.2) is 11.5 Å². The largest absolute Gasteiger partial charge is 0.456 e. The third-order valence-electron chi connectivity index (χ3n) is 3.83. The number of esters is 1. The summed E-state index contributed by atoms with van der Waals surface area (Å²) in [7, 11) is 0. The van der Waals surface area contributed by atoms with Crippen molar-refractivity contribution in [3.8, 4) is 0 Å². The van der Waals surface area contributed by atoms with Gasteiger partial charge in [-0.3, -0.25) is 4.79 Å². The van der Waals surface area contributed by atoms with Crippen LogP contribution in [0.15, 0.2) is 60.7 Å². The van der Waals surface area contributed by atoms with Crippen molar-refractivity contribution >= 4 is 17.6 Å².